The monoisotopic (exact) mass is 187 g/mol. The van der Waals surface area contributed by atoms with E-state index in [0.717, 1.165) is 0 Å². The molecular formula is C8H10ClNO2. The molecule has 0 saturated heterocycles. The van der Waals surface area contributed by atoms with Crippen molar-refractivity contribution in [3.8, 4) is 5.75 Å². The summed E-state index contributed by atoms with van der Waals surface area (Å²) in [6.07, 6.45) is 0. The Morgan fingerprint density at radius 2 is 2.00 bits per heavy atom. The third-order valence-electron chi connectivity index (χ3n) is 1.81. The van der Waals surface area contributed by atoms with Crippen LogP contribution in [0.2, 0.25) is 0 Å². The first-order valence-electron chi connectivity index (χ1n) is 3.55. The quantitative estimate of drug-likeness (QED) is 0.654. The summed E-state index contributed by atoms with van der Waals surface area (Å²) in [6.45, 7) is 3.40. The SMILES string of the molecule is Cc1[nH]c(C)c(CCl)c(=O)c1O. The molecule has 0 amide bonds. The van der Waals surface area contributed by atoms with E-state index in [1.54, 1.807) is 13.8 Å². The minimum absolute atomic E-state index is 0.120. The molecule has 0 bridgehead atoms. The van der Waals surface area contributed by atoms with Gasteiger partial charge < -0.3 is 10.1 Å². The van der Waals surface area contributed by atoms with Crippen molar-refractivity contribution >= 4 is 11.6 Å². The molecule has 0 aliphatic carbocycles. The first-order valence-corrected chi connectivity index (χ1v) is 4.08. The maximum absolute atomic E-state index is 11.3. The van der Waals surface area contributed by atoms with Crippen LogP contribution in [0.1, 0.15) is 17.0 Å². The maximum Gasteiger partial charge on any atom is 0.228 e. The van der Waals surface area contributed by atoms with E-state index in [9.17, 15) is 9.90 Å². The first-order chi connectivity index (χ1) is 5.57. The topological polar surface area (TPSA) is 53.1 Å². The van der Waals surface area contributed by atoms with Crippen molar-refractivity contribution in [3.63, 3.8) is 0 Å². The molecule has 3 nitrogen and oxygen atoms in total. The lowest BCUT2D eigenvalue weighted by Gasteiger charge is -2.04. The van der Waals surface area contributed by atoms with Gasteiger partial charge in [-0.25, -0.2) is 0 Å². The third-order valence-corrected chi connectivity index (χ3v) is 2.07. The number of aryl methyl sites for hydroxylation is 2. The van der Waals surface area contributed by atoms with Gasteiger partial charge in [-0.15, -0.1) is 11.6 Å². The number of H-pyrrole nitrogens is 1. The number of hydrogen-bond donors (Lipinski definition) is 2. The van der Waals surface area contributed by atoms with Gasteiger partial charge in [-0.3, -0.25) is 4.79 Å². The summed E-state index contributed by atoms with van der Waals surface area (Å²) in [5.41, 5.74) is 1.25. The molecule has 1 aromatic heterocycles. The molecule has 1 rings (SSSR count). The average Bonchev–Trinajstić information content (AvgIpc) is 2.01. The van der Waals surface area contributed by atoms with Crippen LogP contribution in [0.15, 0.2) is 4.79 Å². The second-order valence-corrected chi connectivity index (χ2v) is 2.93. The van der Waals surface area contributed by atoms with Gasteiger partial charge in [-0.2, -0.15) is 0 Å². The molecule has 4 heteroatoms. The zero-order chi connectivity index (χ0) is 9.30. The number of rotatable bonds is 1. The maximum atomic E-state index is 11.3. The predicted molar refractivity (Wildman–Crippen MR) is 47.8 cm³/mol. The Morgan fingerprint density at radius 1 is 1.42 bits per heavy atom. The van der Waals surface area contributed by atoms with Gasteiger partial charge in [-0.05, 0) is 13.8 Å². The summed E-state index contributed by atoms with van der Waals surface area (Å²) in [6, 6.07) is 0. The van der Waals surface area contributed by atoms with E-state index in [1.807, 2.05) is 0 Å². The van der Waals surface area contributed by atoms with Gasteiger partial charge in [0.15, 0.2) is 5.75 Å². The van der Waals surface area contributed by atoms with Crippen molar-refractivity contribution < 1.29 is 5.11 Å². The summed E-state index contributed by atoms with van der Waals surface area (Å²) >= 11 is 5.53. The van der Waals surface area contributed by atoms with Crippen LogP contribution in [0.25, 0.3) is 0 Å². The second kappa shape index (κ2) is 3.19. The predicted octanol–water partition coefficient (Wildman–Crippen LogP) is 1.44. The summed E-state index contributed by atoms with van der Waals surface area (Å²) in [7, 11) is 0. The normalized spacial score (nSPS) is 10.2. The Balaban J connectivity index is 3.52. The fraction of sp³-hybridized carbons (Fsp3) is 0.375. The minimum atomic E-state index is -0.376. The molecule has 0 atom stereocenters. The molecule has 0 aliphatic rings. The molecule has 12 heavy (non-hydrogen) atoms. The van der Waals surface area contributed by atoms with Crippen LogP contribution in [0.5, 0.6) is 5.75 Å². The molecular weight excluding hydrogens is 178 g/mol. The number of alkyl halides is 1. The van der Waals surface area contributed by atoms with Gasteiger partial charge in [0.2, 0.25) is 5.43 Å². The summed E-state index contributed by atoms with van der Waals surface area (Å²) in [5, 5.41) is 9.24. The van der Waals surface area contributed by atoms with E-state index in [-0.39, 0.29) is 17.1 Å². The molecule has 0 aliphatic heterocycles. The van der Waals surface area contributed by atoms with Gasteiger partial charge in [-0.1, -0.05) is 0 Å². The molecule has 1 heterocycles. The van der Waals surface area contributed by atoms with Crippen molar-refractivity contribution in [2.75, 3.05) is 0 Å². The van der Waals surface area contributed by atoms with E-state index in [1.165, 1.54) is 0 Å². The van der Waals surface area contributed by atoms with Gasteiger partial charge in [0.1, 0.15) is 0 Å². The Morgan fingerprint density at radius 3 is 2.50 bits per heavy atom. The number of halogens is 1. The van der Waals surface area contributed by atoms with Crippen LogP contribution in [0, 0.1) is 13.8 Å². The van der Waals surface area contributed by atoms with Gasteiger partial charge in [0.05, 0.1) is 11.6 Å². The van der Waals surface area contributed by atoms with Gasteiger partial charge >= 0.3 is 0 Å². The Bertz CT molecular complexity index is 357. The Kier molecular flexibility index (Phi) is 2.43. The van der Waals surface area contributed by atoms with Crippen molar-refractivity contribution in [2.24, 2.45) is 0 Å². The third kappa shape index (κ3) is 1.32. The van der Waals surface area contributed by atoms with Crippen LogP contribution < -0.4 is 5.43 Å². The molecule has 0 saturated carbocycles. The lowest BCUT2D eigenvalue weighted by molar-refractivity contribution is 0.461. The van der Waals surface area contributed by atoms with Crippen LogP contribution in [0.4, 0.5) is 0 Å². The molecule has 0 aromatic carbocycles. The van der Waals surface area contributed by atoms with E-state index >= 15 is 0 Å². The van der Waals surface area contributed by atoms with Crippen molar-refractivity contribution in [1.82, 2.24) is 4.98 Å². The van der Waals surface area contributed by atoms with E-state index in [4.69, 9.17) is 11.6 Å². The highest BCUT2D eigenvalue weighted by atomic mass is 35.5. The highest BCUT2D eigenvalue weighted by molar-refractivity contribution is 6.17. The largest absolute Gasteiger partial charge is 0.503 e. The standard InChI is InChI=1S/C8H10ClNO2/c1-4-6(3-9)8(12)7(11)5(2)10-4/h11H,3H2,1-2H3,(H,10,12). The zero-order valence-corrected chi connectivity index (χ0v) is 7.70. The van der Waals surface area contributed by atoms with Gasteiger partial charge in [0.25, 0.3) is 0 Å². The number of pyridine rings is 1. The molecule has 0 fully saturated rings. The summed E-state index contributed by atoms with van der Waals surface area (Å²) in [4.78, 5) is 14.2. The Labute approximate surface area is 75.0 Å². The number of aromatic nitrogens is 1. The zero-order valence-electron chi connectivity index (χ0n) is 6.94. The van der Waals surface area contributed by atoms with E-state index in [0.29, 0.717) is 17.0 Å². The molecule has 0 unspecified atom stereocenters. The fourth-order valence-corrected chi connectivity index (χ4v) is 1.38. The van der Waals surface area contributed by atoms with Crippen LogP contribution in [-0.2, 0) is 5.88 Å². The number of aromatic hydroxyl groups is 1. The molecule has 66 valence electrons. The Hall–Kier alpha value is -0.960. The smallest absolute Gasteiger partial charge is 0.228 e. The molecule has 0 spiro atoms. The van der Waals surface area contributed by atoms with Crippen LogP contribution in [-0.4, -0.2) is 10.1 Å². The van der Waals surface area contributed by atoms with Crippen LogP contribution in [0.3, 0.4) is 0 Å². The number of hydrogen-bond acceptors (Lipinski definition) is 2. The van der Waals surface area contributed by atoms with E-state index in [2.05, 4.69) is 4.98 Å². The summed E-state index contributed by atoms with van der Waals surface area (Å²) in [5.74, 6) is -0.120. The molecule has 2 N–H and O–H groups in total. The average molecular weight is 188 g/mol. The lowest BCUT2D eigenvalue weighted by Crippen LogP contribution is -2.12. The second-order valence-electron chi connectivity index (χ2n) is 2.66. The van der Waals surface area contributed by atoms with Gasteiger partial charge in [0, 0.05) is 11.3 Å². The van der Waals surface area contributed by atoms with Crippen molar-refractivity contribution in [1.29, 1.82) is 0 Å². The number of aromatic amines is 1. The van der Waals surface area contributed by atoms with Crippen molar-refractivity contribution in [3.05, 3.63) is 27.2 Å². The minimum Gasteiger partial charge on any atom is -0.503 e. The van der Waals surface area contributed by atoms with E-state index < -0.39 is 0 Å². The van der Waals surface area contributed by atoms with Crippen LogP contribution >= 0.6 is 11.6 Å². The summed E-state index contributed by atoms with van der Waals surface area (Å²) < 4.78 is 0. The highest BCUT2D eigenvalue weighted by Crippen LogP contribution is 2.12. The molecule has 0 radical (unpaired) electrons. The van der Waals surface area contributed by atoms with Crippen molar-refractivity contribution in [2.45, 2.75) is 19.7 Å². The molecule has 1 aromatic rings. The highest BCUT2D eigenvalue weighted by Gasteiger charge is 2.09. The lowest BCUT2D eigenvalue weighted by atomic mass is 10.2. The number of nitrogens with one attached hydrogen (secondary N) is 1. The fourth-order valence-electron chi connectivity index (χ4n) is 1.06. The first kappa shape index (κ1) is 9.13.